The maximum absolute atomic E-state index is 11.5. The van der Waals surface area contributed by atoms with Gasteiger partial charge in [-0.25, -0.2) is 4.98 Å². The summed E-state index contributed by atoms with van der Waals surface area (Å²) in [5.41, 5.74) is 4.66. The second kappa shape index (κ2) is 14.9. The number of nitrogens with one attached hydrogen (secondary N) is 1. The Labute approximate surface area is 272 Å². The fourth-order valence-electron chi connectivity index (χ4n) is 7.02. The Morgan fingerprint density at radius 2 is 1.96 bits per heavy atom. The smallest absolute Gasteiger partial charge is 0.304 e. The van der Waals surface area contributed by atoms with Gasteiger partial charge in [-0.05, 0) is 67.6 Å². The maximum atomic E-state index is 11.5. The molecule has 4 heterocycles. The molecule has 0 bridgehead atoms. The van der Waals surface area contributed by atoms with E-state index in [2.05, 4.69) is 77.5 Å². The van der Waals surface area contributed by atoms with E-state index in [0.717, 1.165) is 81.5 Å². The van der Waals surface area contributed by atoms with Crippen LogP contribution in [0.15, 0.2) is 67.0 Å². The summed E-state index contributed by atoms with van der Waals surface area (Å²) in [5.74, 6) is -0.0651. The van der Waals surface area contributed by atoms with Crippen LogP contribution in [0.25, 0.3) is 16.5 Å². The lowest BCUT2D eigenvalue weighted by Crippen LogP contribution is -2.48. The van der Waals surface area contributed by atoms with Crippen LogP contribution in [0.4, 0.5) is 5.82 Å². The molecule has 3 atom stereocenters. The second-order valence-electron chi connectivity index (χ2n) is 12.9. The topological polar surface area (TPSA) is 100 Å². The van der Waals surface area contributed by atoms with Crippen LogP contribution in [0.1, 0.15) is 55.7 Å². The predicted octanol–water partition coefficient (Wildman–Crippen LogP) is 5.90. The molecular formula is C37H47N5O4. The maximum Gasteiger partial charge on any atom is 0.304 e. The number of aliphatic carboxylic acids is 1. The highest BCUT2D eigenvalue weighted by Crippen LogP contribution is 2.40. The number of anilines is 1. The minimum absolute atomic E-state index is 0.00908. The number of allylic oxidation sites excluding steroid dienone is 2. The number of carbonyl (C=O) groups is 1. The highest BCUT2D eigenvalue weighted by atomic mass is 16.5. The quantitative estimate of drug-likeness (QED) is 0.188. The van der Waals surface area contributed by atoms with Crippen LogP contribution in [-0.4, -0.2) is 88.6 Å². The summed E-state index contributed by atoms with van der Waals surface area (Å²) in [4.78, 5) is 25.9. The molecule has 3 aliphatic rings. The van der Waals surface area contributed by atoms with Gasteiger partial charge in [-0.2, -0.15) is 0 Å². The number of hydrogen-bond acceptors (Lipinski definition) is 8. The predicted molar refractivity (Wildman–Crippen MR) is 181 cm³/mol. The summed E-state index contributed by atoms with van der Waals surface area (Å²) in [5, 5.41) is 14.2. The highest BCUT2D eigenvalue weighted by Gasteiger charge is 2.40. The molecule has 0 radical (unpaired) electrons. The average molecular weight is 626 g/mol. The molecule has 46 heavy (non-hydrogen) atoms. The first-order valence-corrected chi connectivity index (χ1v) is 16.8. The van der Waals surface area contributed by atoms with E-state index in [4.69, 9.17) is 19.4 Å². The van der Waals surface area contributed by atoms with Crippen molar-refractivity contribution in [1.29, 1.82) is 0 Å². The normalized spacial score (nSPS) is 24.2. The van der Waals surface area contributed by atoms with E-state index < -0.39 is 11.7 Å². The number of likely N-dealkylation sites (tertiary alicyclic amines) is 1. The van der Waals surface area contributed by atoms with E-state index in [1.54, 1.807) is 0 Å². The molecule has 2 saturated heterocycles. The van der Waals surface area contributed by atoms with Gasteiger partial charge in [-0.3, -0.25) is 19.6 Å². The van der Waals surface area contributed by atoms with Crippen molar-refractivity contribution in [2.45, 2.75) is 64.3 Å². The number of rotatable bonds is 12. The third kappa shape index (κ3) is 7.66. The zero-order valence-corrected chi connectivity index (χ0v) is 27.2. The Hall–Kier alpha value is -3.63. The number of piperidine rings is 1. The van der Waals surface area contributed by atoms with Crippen molar-refractivity contribution in [1.82, 2.24) is 19.8 Å². The van der Waals surface area contributed by atoms with Gasteiger partial charge >= 0.3 is 5.97 Å². The van der Waals surface area contributed by atoms with E-state index in [1.165, 1.54) is 16.7 Å². The lowest BCUT2D eigenvalue weighted by Gasteiger charge is -2.41. The zero-order valence-electron chi connectivity index (χ0n) is 27.2. The van der Waals surface area contributed by atoms with Crippen LogP contribution < -0.4 is 5.32 Å². The highest BCUT2D eigenvalue weighted by molar-refractivity contribution is 5.89. The molecule has 1 aliphatic carbocycles. The minimum atomic E-state index is -0.820. The zero-order chi connectivity index (χ0) is 31.9. The fraction of sp³-hybridized carbons (Fsp3) is 0.486. The van der Waals surface area contributed by atoms with Gasteiger partial charge in [-0.15, -0.1) is 0 Å². The number of carboxylic acids is 1. The molecule has 2 aromatic heterocycles. The van der Waals surface area contributed by atoms with Crippen LogP contribution in [0.2, 0.25) is 0 Å². The molecule has 2 fully saturated rings. The van der Waals surface area contributed by atoms with E-state index in [9.17, 15) is 9.90 Å². The van der Waals surface area contributed by atoms with Crippen LogP contribution in [0, 0.1) is 12.8 Å². The Balaban J connectivity index is 1.24. The van der Waals surface area contributed by atoms with Gasteiger partial charge in [0.1, 0.15) is 5.52 Å². The van der Waals surface area contributed by atoms with Crippen molar-refractivity contribution in [2.24, 2.45) is 5.92 Å². The number of pyridine rings is 2. The Bertz CT molecular complexity index is 1550. The van der Waals surface area contributed by atoms with Gasteiger partial charge in [0.2, 0.25) is 0 Å². The summed E-state index contributed by atoms with van der Waals surface area (Å²) >= 11 is 0. The SMILES string of the molecule is Cc1ccc(C2=CC=CC(Nc3nccc4cc(CN5CCCCC5CC(=O)O)cnc34)(OCCCN3CCOCC3)C2C)cc1. The van der Waals surface area contributed by atoms with E-state index >= 15 is 0 Å². The van der Waals surface area contributed by atoms with Gasteiger partial charge in [0.05, 0.1) is 26.2 Å². The number of morpholine rings is 1. The number of fused-ring (bicyclic) bond motifs is 1. The molecular weight excluding hydrogens is 578 g/mol. The number of aromatic nitrogens is 2. The van der Waals surface area contributed by atoms with Crippen molar-refractivity contribution in [3.8, 4) is 0 Å². The van der Waals surface area contributed by atoms with Gasteiger partial charge in [0.15, 0.2) is 11.5 Å². The van der Waals surface area contributed by atoms with Crippen LogP contribution >= 0.6 is 0 Å². The monoisotopic (exact) mass is 625 g/mol. The summed E-state index contributed by atoms with van der Waals surface area (Å²) in [6.07, 6.45) is 14.3. The molecule has 9 nitrogen and oxygen atoms in total. The van der Waals surface area contributed by atoms with E-state index in [0.29, 0.717) is 19.0 Å². The van der Waals surface area contributed by atoms with Crippen molar-refractivity contribution in [3.05, 3.63) is 83.7 Å². The number of ether oxygens (including phenoxy) is 2. The van der Waals surface area contributed by atoms with Crippen LogP contribution in [0.3, 0.4) is 0 Å². The summed E-state index contributed by atoms with van der Waals surface area (Å²) in [6.45, 7) is 11.0. The Morgan fingerprint density at radius 1 is 1.13 bits per heavy atom. The molecule has 0 saturated carbocycles. The minimum Gasteiger partial charge on any atom is -0.481 e. The first-order valence-electron chi connectivity index (χ1n) is 16.8. The van der Waals surface area contributed by atoms with Crippen LogP contribution in [-0.2, 0) is 20.8 Å². The molecule has 3 unspecified atom stereocenters. The molecule has 1 aromatic carbocycles. The number of carboxylic acid groups (broad SMARTS) is 1. The summed E-state index contributed by atoms with van der Waals surface area (Å²) in [7, 11) is 0. The number of nitrogens with zero attached hydrogens (tertiary/aromatic N) is 4. The van der Waals surface area contributed by atoms with Gasteiger partial charge in [0.25, 0.3) is 0 Å². The number of hydrogen-bond donors (Lipinski definition) is 2. The Kier molecular flexibility index (Phi) is 10.4. The third-order valence-electron chi connectivity index (χ3n) is 9.69. The van der Waals surface area contributed by atoms with E-state index in [1.807, 2.05) is 18.5 Å². The van der Waals surface area contributed by atoms with Gasteiger partial charge in [0, 0.05) is 55.9 Å². The standard InChI is InChI=1S/C37H47N5O4/c1-27-9-11-30(12-10-27)33-8-5-14-37(28(33)2,46-20-6-16-41-18-21-45-22-19-41)40-36-35-31(13-15-38-36)23-29(25-39-35)26-42-17-4-3-7-32(42)24-34(43)44/h5,8-15,23,25,28,32H,3-4,6-7,16-22,24,26H2,1-2H3,(H,38,40)(H,43,44). The first-order chi connectivity index (χ1) is 22.4. The average Bonchev–Trinajstić information content (AvgIpc) is 3.06. The van der Waals surface area contributed by atoms with Gasteiger partial charge < -0.3 is 19.9 Å². The molecule has 3 aromatic rings. The lowest BCUT2D eigenvalue weighted by atomic mass is 9.81. The fourth-order valence-corrected chi connectivity index (χ4v) is 7.02. The molecule has 2 N–H and O–H groups in total. The molecule has 2 aliphatic heterocycles. The lowest BCUT2D eigenvalue weighted by molar-refractivity contribution is -0.138. The summed E-state index contributed by atoms with van der Waals surface area (Å²) in [6, 6.07) is 12.9. The third-order valence-corrected chi connectivity index (χ3v) is 9.69. The van der Waals surface area contributed by atoms with Gasteiger partial charge in [-0.1, -0.05) is 55.3 Å². The van der Waals surface area contributed by atoms with Crippen molar-refractivity contribution in [2.75, 3.05) is 51.3 Å². The van der Waals surface area contributed by atoms with Crippen molar-refractivity contribution < 1.29 is 19.4 Å². The molecule has 9 heteroatoms. The van der Waals surface area contributed by atoms with Crippen molar-refractivity contribution in [3.63, 3.8) is 0 Å². The second-order valence-corrected chi connectivity index (χ2v) is 12.9. The number of aryl methyl sites for hydroxylation is 1. The molecule has 6 rings (SSSR count). The van der Waals surface area contributed by atoms with E-state index in [-0.39, 0.29) is 18.4 Å². The van der Waals surface area contributed by atoms with Crippen molar-refractivity contribution >= 4 is 28.3 Å². The first kappa shape index (κ1) is 32.3. The van der Waals surface area contributed by atoms with Crippen LogP contribution in [0.5, 0.6) is 0 Å². The molecule has 0 spiro atoms. The largest absolute Gasteiger partial charge is 0.481 e. The number of benzene rings is 1. The summed E-state index contributed by atoms with van der Waals surface area (Å²) < 4.78 is 12.4. The molecule has 244 valence electrons. The Morgan fingerprint density at radius 3 is 2.76 bits per heavy atom. The molecule has 0 amide bonds.